The summed E-state index contributed by atoms with van der Waals surface area (Å²) in [5, 5.41) is 0. The van der Waals surface area contributed by atoms with Gasteiger partial charge in [0, 0.05) is 5.56 Å². The number of unbranched alkanes of at least 4 members (excludes halogenated alkanes) is 2. The van der Waals surface area contributed by atoms with Crippen LogP contribution in [0.5, 0.6) is 0 Å². The van der Waals surface area contributed by atoms with E-state index in [-0.39, 0.29) is 17.6 Å². The number of rotatable bonds is 8. The van der Waals surface area contributed by atoms with E-state index in [2.05, 4.69) is 38.1 Å². The zero-order valence-corrected chi connectivity index (χ0v) is 23.8. The molecule has 0 spiro atoms. The molecule has 2 aromatic rings. The van der Waals surface area contributed by atoms with E-state index >= 15 is 8.78 Å². The van der Waals surface area contributed by atoms with Crippen LogP contribution in [0.25, 0.3) is 5.57 Å². The second-order valence-electron chi connectivity index (χ2n) is 12.9. The van der Waals surface area contributed by atoms with E-state index < -0.39 is 0 Å². The molecule has 1 unspecified atom stereocenters. The van der Waals surface area contributed by atoms with Gasteiger partial charge in [-0.2, -0.15) is 0 Å². The largest absolute Gasteiger partial charge is 0.207 e. The van der Waals surface area contributed by atoms with Gasteiger partial charge in [0.15, 0.2) is 0 Å². The summed E-state index contributed by atoms with van der Waals surface area (Å²) in [5.41, 5.74) is 5.21. The minimum atomic E-state index is -0.0675. The van der Waals surface area contributed by atoms with E-state index in [1.807, 2.05) is 12.1 Å². The molecule has 0 bridgehead atoms. The van der Waals surface area contributed by atoms with Gasteiger partial charge >= 0.3 is 0 Å². The molecule has 0 nitrogen and oxygen atoms in total. The van der Waals surface area contributed by atoms with Gasteiger partial charge in [-0.3, -0.25) is 0 Å². The number of allylic oxidation sites excluding steroid dienone is 2. The van der Waals surface area contributed by atoms with Crippen molar-refractivity contribution in [3.05, 3.63) is 76.4 Å². The molecule has 5 rings (SSSR count). The average molecular weight is 519 g/mol. The number of hydrogen-bond acceptors (Lipinski definition) is 0. The van der Waals surface area contributed by atoms with Crippen molar-refractivity contribution in [2.45, 2.75) is 128 Å². The highest BCUT2D eigenvalue weighted by atomic mass is 19.1. The number of hydrogen-bond donors (Lipinski definition) is 0. The Morgan fingerprint density at radius 1 is 0.711 bits per heavy atom. The van der Waals surface area contributed by atoms with Crippen LogP contribution in [0, 0.1) is 23.5 Å². The molecule has 206 valence electrons. The van der Waals surface area contributed by atoms with Crippen molar-refractivity contribution in [1.82, 2.24) is 0 Å². The maximum Gasteiger partial charge on any atom is 0.130 e. The third-order valence-corrected chi connectivity index (χ3v) is 10.2. The lowest BCUT2D eigenvalue weighted by atomic mass is 9.74. The zero-order valence-electron chi connectivity index (χ0n) is 23.8. The summed E-state index contributed by atoms with van der Waals surface area (Å²) in [6.45, 7) is 4.54. The zero-order chi connectivity index (χ0) is 26.5. The maximum atomic E-state index is 15.3. The molecule has 0 aromatic heterocycles. The highest BCUT2D eigenvalue weighted by Crippen LogP contribution is 2.43. The predicted octanol–water partition coefficient (Wildman–Crippen LogP) is 11.5. The van der Waals surface area contributed by atoms with Crippen molar-refractivity contribution >= 4 is 5.57 Å². The summed E-state index contributed by atoms with van der Waals surface area (Å²) < 4.78 is 30.4. The first-order valence-corrected chi connectivity index (χ1v) is 15.8. The van der Waals surface area contributed by atoms with Gasteiger partial charge in [-0.1, -0.05) is 69.9 Å². The predicted molar refractivity (Wildman–Crippen MR) is 157 cm³/mol. The molecule has 2 fully saturated rings. The fourth-order valence-electron chi connectivity index (χ4n) is 7.59. The smallest absolute Gasteiger partial charge is 0.130 e. The lowest BCUT2D eigenvalue weighted by Gasteiger charge is -2.31. The maximum absolute atomic E-state index is 15.3. The summed E-state index contributed by atoms with van der Waals surface area (Å²) in [6.07, 6.45) is 19.8. The SMILES string of the molecule is CCCCCC1CCC(c2ccc(C3CCC(c4ccc(C5=CCC(C)CC5)c(F)c4)CC3)c(F)c2)CC1. The van der Waals surface area contributed by atoms with Crippen molar-refractivity contribution in [3.63, 3.8) is 0 Å². The van der Waals surface area contributed by atoms with E-state index in [0.29, 0.717) is 17.8 Å². The molecule has 1 atom stereocenters. The lowest BCUT2D eigenvalue weighted by molar-refractivity contribution is 0.302. The van der Waals surface area contributed by atoms with Gasteiger partial charge in [0.2, 0.25) is 0 Å². The molecule has 2 aromatic carbocycles. The van der Waals surface area contributed by atoms with Crippen LogP contribution in [-0.4, -0.2) is 0 Å². The highest BCUT2D eigenvalue weighted by Gasteiger charge is 2.28. The van der Waals surface area contributed by atoms with E-state index in [1.54, 1.807) is 6.07 Å². The fraction of sp³-hybridized carbons (Fsp3) is 0.611. The van der Waals surface area contributed by atoms with Gasteiger partial charge in [0.25, 0.3) is 0 Å². The first-order chi connectivity index (χ1) is 18.5. The second-order valence-corrected chi connectivity index (χ2v) is 12.9. The molecular weight excluding hydrogens is 470 g/mol. The molecule has 38 heavy (non-hydrogen) atoms. The van der Waals surface area contributed by atoms with Gasteiger partial charge in [-0.15, -0.1) is 0 Å². The lowest BCUT2D eigenvalue weighted by Crippen LogP contribution is -2.15. The standard InChI is InChI=1S/C36H48F2/c1-3-4-5-6-26-9-13-27(14-10-26)31-19-22-34(36(38)23-31)30-17-15-28(16-18-30)32-20-21-33(35(37)24-32)29-11-7-25(2)8-12-29/h11,19-28,30H,3-10,12-18H2,1-2H3. The molecule has 0 heterocycles. The average Bonchev–Trinajstić information content (AvgIpc) is 2.94. The molecule has 0 radical (unpaired) electrons. The Kier molecular flexibility index (Phi) is 9.39. The summed E-state index contributed by atoms with van der Waals surface area (Å²) in [7, 11) is 0. The van der Waals surface area contributed by atoms with E-state index in [1.165, 1.54) is 62.5 Å². The Balaban J connectivity index is 1.15. The van der Waals surface area contributed by atoms with E-state index in [9.17, 15) is 0 Å². The Morgan fingerprint density at radius 2 is 1.34 bits per heavy atom. The Bertz CT molecular complexity index is 1080. The third-order valence-electron chi connectivity index (χ3n) is 10.2. The normalized spacial score (nSPS) is 28.2. The minimum absolute atomic E-state index is 0.00138. The van der Waals surface area contributed by atoms with Crippen LogP contribution in [-0.2, 0) is 0 Å². The van der Waals surface area contributed by atoms with Crippen LogP contribution in [0.1, 0.15) is 150 Å². The summed E-state index contributed by atoms with van der Waals surface area (Å²) in [5.74, 6) is 2.72. The van der Waals surface area contributed by atoms with Crippen molar-refractivity contribution in [1.29, 1.82) is 0 Å². The van der Waals surface area contributed by atoms with Gasteiger partial charge in [0.05, 0.1) is 0 Å². The van der Waals surface area contributed by atoms with Gasteiger partial charge in [-0.05, 0) is 135 Å². The van der Waals surface area contributed by atoms with Crippen LogP contribution >= 0.6 is 0 Å². The summed E-state index contributed by atoms with van der Waals surface area (Å²) >= 11 is 0. The molecule has 0 saturated heterocycles. The highest BCUT2D eigenvalue weighted by molar-refractivity contribution is 5.67. The van der Waals surface area contributed by atoms with E-state index in [4.69, 9.17) is 0 Å². The second kappa shape index (κ2) is 12.9. The minimum Gasteiger partial charge on any atom is -0.207 e. The Labute approximate surface area is 230 Å². The molecule has 3 aliphatic rings. The number of benzene rings is 2. The van der Waals surface area contributed by atoms with Crippen LogP contribution in [0.15, 0.2) is 42.5 Å². The first-order valence-electron chi connectivity index (χ1n) is 15.8. The molecule has 0 aliphatic heterocycles. The molecule has 2 heteroatoms. The molecule has 2 saturated carbocycles. The van der Waals surface area contributed by atoms with Crippen LogP contribution in [0.2, 0.25) is 0 Å². The van der Waals surface area contributed by atoms with Gasteiger partial charge in [-0.25, -0.2) is 8.78 Å². The quantitative estimate of drug-likeness (QED) is 0.305. The van der Waals surface area contributed by atoms with E-state index in [0.717, 1.165) is 67.6 Å². The van der Waals surface area contributed by atoms with Crippen molar-refractivity contribution in [2.75, 3.05) is 0 Å². The summed E-state index contributed by atoms with van der Waals surface area (Å²) in [4.78, 5) is 0. The number of halogens is 2. The Hall–Kier alpha value is -1.96. The van der Waals surface area contributed by atoms with Crippen molar-refractivity contribution in [3.8, 4) is 0 Å². The molecular formula is C36H48F2. The van der Waals surface area contributed by atoms with Crippen LogP contribution in [0.4, 0.5) is 8.78 Å². The monoisotopic (exact) mass is 518 g/mol. The topological polar surface area (TPSA) is 0 Å². The molecule has 0 N–H and O–H groups in total. The van der Waals surface area contributed by atoms with Crippen molar-refractivity contribution in [2.24, 2.45) is 11.8 Å². The van der Waals surface area contributed by atoms with Crippen LogP contribution < -0.4 is 0 Å². The van der Waals surface area contributed by atoms with Gasteiger partial charge < -0.3 is 0 Å². The molecule has 3 aliphatic carbocycles. The van der Waals surface area contributed by atoms with Gasteiger partial charge in [0.1, 0.15) is 11.6 Å². The van der Waals surface area contributed by atoms with Crippen molar-refractivity contribution < 1.29 is 8.78 Å². The third kappa shape index (κ3) is 6.60. The fourth-order valence-corrected chi connectivity index (χ4v) is 7.59. The first kappa shape index (κ1) is 27.6. The van der Waals surface area contributed by atoms with Crippen LogP contribution in [0.3, 0.4) is 0 Å². The Morgan fingerprint density at radius 3 is 1.95 bits per heavy atom. The summed E-state index contributed by atoms with van der Waals surface area (Å²) in [6, 6.07) is 12.1. The molecule has 0 amide bonds.